The predicted molar refractivity (Wildman–Crippen MR) is 63.2 cm³/mol. The van der Waals surface area contributed by atoms with Crippen LogP contribution in [0.15, 0.2) is 24.3 Å². The summed E-state index contributed by atoms with van der Waals surface area (Å²) in [6.07, 6.45) is 0. The summed E-state index contributed by atoms with van der Waals surface area (Å²) < 4.78 is 0. The first-order valence-electron chi connectivity index (χ1n) is 4.35. The molecule has 0 aliphatic heterocycles. The number of nitrogen functional groups attached to an aromatic ring is 1. The molecule has 80 valence electrons. The SMILES string of the molecule is CC(C)(N)CN.Nc1cccc(Cl)c1. The molecule has 0 saturated carbocycles. The Hall–Kier alpha value is -0.770. The molecule has 0 aliphatic rings. The molecule has 0 unspecified atom stereocenters. The molecule has 3 nitrogen and oxygen atoms in total. The highest BCUT2D eigenvalue weighted by Crippen LogP contribution is 2.10. The average Bonchev–Trinajstić information content (AvgIpc) is 2.03. The molecule has 0 spiro atoms. The van der Waals surface area contributed by atoms with Crippen LogP contribution < -0.4 is 17.2 Å². The second-order valence-corrected chi connectivity index (χ2v) is 4.18. The lowest BCUT2D eigenvalue weighted by Gasteiger charge is -2.13. The molecular formula is C10H18ClN3. The zero-order valence-electron chi connectivity index (χ0n) is 8.63. The molecule has 0 atom stereocenters. The smallest absolute Gasteiger partial charge is 0.0426 e. The number of rotatable bonds is 1. The monoisotopic (exact) mass is 215 g/mol. The van der Waals surface area contributed by atoms with E-state index in [1.807, 2.05) is 19.9 Å². The van der Waals surface area contributed by atoms with Gasteiger partial charge in [-0.1, -0.05) is 17.7 Å². The summed E-state index contributed by atoms with van der Waals surface area (Å²) in [5.74, 6) is 0. The van der Waals surface area contributed by atoms with Gasteiger partial charge in [-0.2, -0.15) is 0 Å². The minimum absolute atomic E-state index is 0.181. The summed E-state index contributed by atoms with van der Waals surface area (Å²) >= 11 is 5.56. The number of nitrogens with two attached hydrogens (primary N) is 3. The van der Waals surface area contributed by atoms with E-state index >= 15 is 0 Å². The van der Waals surface area contributed by atoms with Crippen LogP contribution in [0.2, 0.25) is 5.02 Å². The van der Waals surface area contributed by atoms with Gasteiger partial charge in [0.25, 0.3) is 0 Å². The van der Waals surface area contributed by atoms with Crippen molar-refractivity contribution < 1.29 is 0 Å². The molecule has 0 fully saturated rings. The van der Waals surface area contributed by atoms with Crippen LogP contribution >= 0.6 is 11.6 Å². The normalized spacial score (nSPS) is 10.4. The average molecular weight is 216 g/mol. The molecule has 0 aliphatic carbocycles. The number of halogens is 1. The van der Waals surface area contributed by atoms with Crippen LogP contribution in [0, 0.1) is 0 Å². The lowest BCUT2D eigenvalue weighted by Crippen LogP contribution is -2.40. The third-order valence-electron chi connectivity index (χ3n) is 1.37. The van der Waals surface area contributed by atoms with E-state index in [4.69, 9.17) is 28.8 Å². The molecule has 0 amide bonds. The molecule has 0 radical (unpaired) electrons. The third kappa shape index (κ3) is 7.86. The van der Waals surface area contributed by atoms with E-state index in [9.17, 15) is 0 Å². The highest BCUT2D eigenvalue weighted by Gasteiger charge is 2.04. The summed E-state index contributed by atoms with van der Waals surface area (Å²) in [7, 11) is 0. The Morgan fingerprint density at radius 3 is 2.07 bits per heavy atom. The van der Waals surface area contributed by atoms with Crippen molar-refractivity contribution in [3.8, 4) is 0 Å². The molecule has 14 heavy (non-hydrogen) atoms. The van der Waals surface area contributed by atoms with Crippen molar-refractivity contribution in [2.24, 2.45) is 11.5 Å². The standard InChI is InChI=1S/C6H6ClN.C4H12N2/c7-5-2-1-3-6(8)4-5;1-4(2,6)3-5/h1-4H,8H2;3,5-6H2,1-2H3. The van der Waals surface area contributed by atoms with Crippen molar-refractivity contribution in [3.63, 3.8) is 0 Å². The topological polar surface area (TPSA) is 78.1 Å². The molecule has 4 heteroatoms. The van der Waals surface area contributed by atoms with Gasteiger partial charge in [0.2, 0.25) is 0 Å². The van der Waals surface area contributed by atoms with Crippen molar-refractivity contribution in [2.75, 3.05) is 12.3 Å². The summed E-state index contributed by atoms with van der Waals surface area (Å²) in [6.45, 7) is 4.34. The quantitative estimate of drug-likeness (QED) is 0.623. The number of benzene rings is 1. The minimum atomic E-state index is -0.181. The Morgan fingerprint density at radius 2 is 1.86 bits per heavy atom. The number of anilines is 1. The van der Waals surface area contributed by atoms with Crippen LogP contribution in [0.5, 0.6) is 0 Å². The van der Waals surface area contributed by atoms with Crippen molar-refractivity contribution >= 4 is 17.3 Å². The summed E-state index contributed by atoms with van der Waals surface area (Å²) in [4.78, 5) is 0. The van der Waals surface area contributed by atoms with Crippen LogP contribution in [0.1, 0.15) is 13.8 Å². The highest BCUT2D eigenvalue weighted by molar-refractivity contribution is 6.30. The Bertz CT molecular complexity index is 251. The summed E-state index contributed by atoms with van der Waals surface area (Å²) in [6, 6.07) is 7.11. The van der Waals surface area contributed by atoms with Crippen LogP contribution in [0.25, 0.3) is 0 Å². The Morgan fingerprint density at radius 1 is 1.36 bits per heavy atom. The minimum Gasteiger partial charge on any atom is -0.399 e. The highest BCUT2D eigenvalue weighted by atomic mass is 35.5. The van der Waals surface area contributed by atoms with Gasteiger partial charge in [-0.05, 0) is 32.0 Å². The zero-order valence-corrected chi connectivity index (χ0v) is 9.38. The van der Waals surface area contributed by atoms with E-state index in [0.717, 1.165) is 0 Å². The molecule has 1 rings (SSSR count). The molecule has 0 heterocycles. The molecule has 6 N–H and O–H groups in total. The molecule has 0 saturated heterocycles. The largest absolute Gasteiger partial charge is 0.399 e. The van der Waals surface area contributed by atoms with Crippen LogP contribution in [-0.4, -0.2) is 12.1 Å². The van der Waals surface area contributed by atoms with Crippen molar-refractivity contribution in [1.82, 2.24) is 0 Å². The van der Waals surface area contributed by atoms with Crippen molar-refractivity contribution in [2.45, 2.75) is 19.4 Å². The second kappa shape index (κ2) is 5.86. The van der Waals surface area contributed by atoms with Gasteiger partial charge >= 0.3 is 0 Å². The van der Waals surface area contributed by atoms with Gasteiger partial charge in [0.15, 0.2) is 0 Å². The number of hydrogen-bond donors (Lipinski definition) is 3. The van der Waals surface area contributed by atoms with Gasteiger partial charge in [0.1, 0.15) is 0 Å². The van der Waals surface area contributed by atoms with Crippen LogP contribution in [0.3, 0.4) is 0 Å². The van der Waals surface area contributed by atoms with Gasteiger partial charge < -0.3 is 17.2 Å². The van der Waals surface area contributed by atoms with E-state index in [0.29, 0.717) is 17.3 Å². The third-order valence-corrected chi connectivity index (χ3v) is 1.61. The van der Waals surface area contributed by atoms with Crippen molar-refractivity contribution in [1.29, 1.82) is 0 Å². The summed E-state index contributed by atoms with van der Waals surface area (Å²) in [5.41, 5.74) is 16.5. The summed E-state index contributed by atoms with van der Waals surface area (Å²) in [5, 5.41) is 0.685. The Balaban J connectivity index is 0.000000255. The predicted octanol–water partition coefficient (Wildman–Crippen LogP) is 1.60. The molecular weight excluding hydrogens is 198 g/mol. The van der Waals surface area contributed by atoms with Crippen LogP contribution in [-0.2, 0) is 0 Å². The fourth-order valence-corrected chi connectivity index (χ4v) is 0.705. The maximum absolute atomic E-state index is 5.56. The van der Waals surface area contributed by atoms with E-state index in [-0.39, 0.29) is 5.54 Å². The molecule has 1 aromatic rings. The first-order chi connectivity index (χ1) is 6.35. The van der Waals surface area contributed by atoms with Crippen LogP contribution in [0.4, 0.5) is 5.69 Å². The first-order valence-corrected chi connectivity index (χ1v) is 4.73. The van der Waals surface area contributed by atoms with Gasteiger partial charge in [0, 0.05) is 22.8 Å². The fraction of sp³-hybridized carbons (Fsp3) is 0.400. The van der Waals surface area contributed by atoms with E-state index in [1.54, 1.807) is 18.2 Å². The zero-order chi connectivity index (χ0) is 11.2. The van der Waals surface area contributed by atoms with E-state index in [2.05, 4.69) is 0 Å². The maximum Gasteiger partial charge on any atom is 0.0426 e. The van der Waals surface area contributed by atoms with E-state index < -0.39 is 0 Å². The Labute approximate surface area is 90.2 Å². The second-order valence-electron chi connectivity index (χ2n) is 3.75. The Kier molecular flexibility index (Phi) is 5.53. The molecule has 1 aromatic carbocycles. The molecule has 0 bridgehead atoms. The van der Waals surface area contributed by atoms with Gasteiger partial charge in [-0.3, -0.25) is 0 Å². The van der Waals surface area contributed by atoms with Gasteiger partial charge in [0.05, 0.1) is 0 Å². The lowest BCUT2D eigenvalue weighted by atomic mass is 10.1. The fourth-order valence-electron chi connectivity index (χ4n) is 0.507. The van der Waals surface area contributed by atoms with Gasteiger partial charge in [-0.25, -0.2) is 0 Å². The maximum atomic E-state index is 5.56. The molecule has 0 aromatic heterocycles. The van der Waals surface area contributed by atoms with Gasteiger partial charge in [-0.15, -0.1) is 0 Å². The van der Waals surface area contributed by atoms with Crippen molar-refractivity contribution in [3.05, 3.63) is 29.3 Å². The number of hydrogen-bond acceptors (Lipinski definition) is 3. The van der Waals surface area contributed by atoms with E-state index in [1.165, 1.54) is 0 Å². The lowest BCUT2D eigenvalue weighted by molar-refractivity contribution is 0.532. The first kappa shape index (κ1) is 13.2.